The maximum Gasteiger partial charge on any atom is 0.230 e. The predicted octanol–water partition coefficient (Wildman–Crippen LogP) is 1.94. The Kier molecular flexibility index (Phi) is 4.33. The number of aromatic nitrogens is 2. The molecule has 3 atom stereocenters. The largest absolute Gasteiger partial charge is 0.342 e. The molecule has 0 aromatic carbocycles. The van der Waals surface area contributed by atoms with Gasteiger partial charge in [0.2, 0.25) is 11.8 Å². The van der Waals surface area contributed by atoms with E-state index >= 15 is 0 Å². The highest BCUT2D eigenvalue weighted by Gasteiger charge is 2.51. The lowest BCUT2D eigenvalue weighted by atomic mass is 9.67. The summed E-state index contributed by atoms with van der Waals surface area (Å²) in [5.41, 5.74) is -0.122. The molecule has 0 spiro atoms. The molecule has 4 rings (SSSR count). The summed E-state index contributed by atoms with van der Waals surface area (Å²) in [6.45, 7) is 5.48. The second kappa shape index (κ2) is 6.47. The van der Waals surface area contributed by atoms with E-state index in [-0.39, 0.29) is 5.41 Å². The molecular weight excluding hydrogens is 304 g/mol. The predicted molar refractivity (Wildman–Crippen MR) is 89.3 cm³/mol. The topological polar surface area (TPSA) is 71.3 Å². The van der Waals surface area contributed by atoms with Crippen molar-refractivity contribution in [3.63, 3.8) is 0 Å². The van der Waals surface area contributed by atoms with Gasteiger partial charge in [0.15, 0.2) is 5.82 Å². The minimum Gasteiger partial charge on any atom is -0.342 e. The number of nitrogens with one attached hydrogen (secondary N) is 1. The highest BCUT2D eigenvalue weighted by molar-refractivity contribution is 5.84. The van der Waals surface area contributed by atoms with Gasteiger partial charge in [0, 0.05) is 33.0 Å². The van der Waals surface area contributed by atoms with Gasteiger partial charge in [-0.05, 0) is 44.1 Å². The Hall–Kier alpha value is -1.43. The molecule has 0 radical (unpaired) electrons. The molecule has 1 amide bonds. The van der Waals surface area contributed by atoms with Gasteiger partial charge < -0.3 is 14.7 Å². The number of carbonyl (C=O) groups excluding carboxylic acids is 1. The summed E-state index contributed by atoms with van der Waals surface area (Å²) in [5, 5.41) is 7.52. The first kappa shape index (κ1) is 16.1. The second-order valence-electron chi connectivity index (χ2n) is 7.92. The Bertz CT molecular complexity index is 602. The molecule has 1 unspecified atom stereocenters. The fraction of sp³-hybridized carbons (Fsp3) is 0.833. The number of rotatable bonds is 3. The SMILES string of the molecule is Cc1nc(CC2CCCN(C(=O)[C@@]34CCCC[C@H]3CNC4)C2)no1. The van der Waals surface area contributed by atoms with Crippen molar-refractivity contribution in [1.82, 2.24) is 20.4 Å². The van der Waals surface area contributed by atoms with Crippen molar-refractivity contribution < 1.29 is 9.32 Å². The van der Waals surface area contributed by atoms with E-state index in [1.54, 1.807) is 0 Å². The van der Waals surface area contributed by atoms with Crippen LogP contribution in [0.15, 0.2) is 4.52 Å². The lowest BCUT2D eigenvalue weighted by Crippen LogP contribution is -2.52. The van der Waals surface area contributed by atoms with Crippen LogP contribution < -0.4 is 5.32 Å². The molecule has 3 aliphatic rings. The average molecular weight is 332 g/mol. The first-order chi connectivity index (χ1) is 11.7. The number of nitrogens with zero attached hydrogens (tertiary/aromatic N) is 3. The third-order valence-corrected chi connectivity index (χ3v) is 6.31. The Morgan fingerprint density at radius 1 is 1.38 bits per heavy atom. The van der Waals surface area contributed by atoms with Crippen molar-refractivity contribution in [3.8, 4) is 0 Å². The second-order valence-corrected chi connectivity index (χ2v) is 7.92. The van der Waals surface area contributed by atoms with Crippen LogP contribution in [0.1, 0.15) is 50.2 Å². The molecule has 1 aliphatic carbocycles. The summed E-state index contributed by atoms with van der Waals surface area (Å²) in [6.07, 6.45) is 7.79. The van der Waals surface area contributed by atoms with Crippen LogP contribution in [-0.4, -0.2) is 47.1 Å². The van der Waals surface area contributed by atoms with Crippen molar-refractivity contribution in [2.45, 2.75) is 51.9 Å². The van der Waals surface area contributed by atoms with Crippen molar-refractivity contribution >= 4 is 5.91 Å². The first-order valence-corrected chi connectivity index (χ1v) is 9.47. The minimum absolute atomic E-state index is 0.122. The molecule has 2 saturated heterocycles. The van der Waals surface area contributed by atoms with Gasteiger partial charge in [-0.1, -0.05) is 18.0 Å². The van der Waals surface area contributed by atoms with E-state index in [2.05, 4.69) is 20.4 Å². The zero-order valence-electron chi connectivity index (χ0n) is 14.6. The zero-order valence-corrected chi connectivity index (χ0v) is 14.6. The molecule has 0 bridgehead atoms. The Balaban J connectivity index is 1.44. The van der Waals surface area contributed by atoms with E-state index < -0.39 is 0 Å². The molecule has 6 nitrogen and oxygen atoms in total. The van der Waals surface area contributed by atoms with Gasteiger partial charge in [-0.2, -0.15) is 4.98 Å². The molecule has 6 heteroatoms. The van der Waals surface area contributed by atoms with Crippen molar-refractivity contribution in [2.75, 3.05) is 26.2 Å². The maximum atomic E-state index is 13.4. The smallest absolute Gasteiger partial charge is 0.230 e. The molecule has 1 aromatic heterocycles. The van der Waals surface area contributed by atoms with E-state index in [9.17, 15) is 4.79 Å². The summed E-state index contributed by atoms with van der Waals surface area (Å²) in [4.78, 5) is 19.9. The molecular formula is C18H28N4O2. The van der Waals surface area contributed by atoms with Crippen LogP contribution in [0.25, 0.3) is 0 Å². The zero-order chi connectivity index (χ0) is 16.6. The van der Waals surface area contributed by atoms with Crippen molar-refractivity contribution in [3.05, 3.63) is 11.7 Å². The molecule has 3 fully saturated rings. The molecule has 24 heavy (non-hydrogen) atoms. The highest BCUT2D eigenvalue weighted by atomic mass is 16.5. The lowest BCUT2D eigenvalue weighted by Gasteiger charge is -2.43. The Morgan fingerprint density at radius 3 is 3.12 bits per heavy atom. The third-order valence-electron chi connectivity index (χ3n) is 6.31. The summed E-state index contributed by atoms with van der Waals surface area (Å²) >= 11 is 0. The number of hydrogen-bond acceptors (Lipinski definition) is 5. The van der Waals surface area contributed by atoms with Crippen LogP contribution in [-0.2, 0) is 11.2 Å². The standard InChI is InChI=1S/C18H28N4O2/c1-13-20-16(21-24-13)9-14-5-4-8-22(11-14)17(23)18-7-3-2-6-15(18)10-19-12-18/h14-15,19H,2-12H2,1H3/t14?,15-,18+/m0/s1. The Labute approximate surface area is 143 Å². The fourth-order valence-corrected chi connectivity index (χ4v) is 5.08. The van der Waals surface area contributed by atoms with Gasteiger partial charge in [0.1, 0.15) is 0 Å². The van der Waals surface area contributed by atoms with Crippen LogP contribution in [0.3, 0.4) is 0 Å². The molecule has 1 N–H and O–H groups in total. The van der Waals surface area contributed by atoms with Crippen LogP contribution >= 0.6 is 0 Å². The van der Waals surface area contributed by atoms with E-state index in [1.165, 1.54) is 19.3 Å². The third kappa shape index (κ3) is 2.85. The fourth-order valence-electron chi connectivity index (χ4n) is 5.08. The molecule has 132 valence electrons. The number of piperidine rings is 1. The van der Waals surface area contributed by atoms with Gasteiger partial charge in [-0.25, -0.2) is 0 Å². The normalized spacial score (nSPS) is 33.5. The quantitative estimate of drug-likeness (QED) is 0.916. The Morgan fingerprint density at radius 2 is 2.29 bits per heavy atom. The van der Waals surface area contributed by atoms with Crippen LogP contribution in [0.2, 0.25) is 0 Å². The number of carbonyl (C=O) groups is 1. The minimum atomic E-state index is -0.122. The maximum absolute atomic E-state index is 13.4. The first-order valence-electron chi connectivity index (χ1n) is 9.47. The monoisotopic (exact) mass is 332 g/mol. The highest BCUT2D eigenvalue weighted by Crippen LogP contribution is 2.45. The van der Waals surface area contributed by atoms with E-state index in [0.717, 1.165) is 57.7 Å². The van der Waals surface area contributed by atoms with Gasteiger partial charge >= 0.3 is 0 Å². The number of hydrogen-bond donors (Lipinski definition) is 1. The van der Waals surface area contributed by atoms with Crippen LogP contribution in [0.5, 0.6) is 0 Å². The summed E-state index contributed by atoms with van der Waals surface area (Å²) < 4.78 is 5.08. The molecule has 3 heterocycles. The molecule has 2 aliphatic heterocycles. The number of fused-ring (bicyclic) bond motifs is 1. The van der Waals surface area contributed by atoms with Gasteiger partial charge in [-0.15, -0.1) is 0 Å². The van der Waals surface area contributed by atoms with Crippen molar-refractivity contribution in [1.29, 1.82) is 0 Å². The summed E-state index contributed by atoms with van der Waals surface area (Å²) in [7, 11) is 0. The van der Waals surface area contributed by atoms with Gasteiger partial charge in [0.25, 0.3) is 0 Å². The van der Waals surface area contributed by atoms with E-state index in [0.29, 0.717) is 23.6 Å². The average Bonchev–Trinajstić information content (AvgIpc) is 3.21. The molecule has 1 saturated carbocycles. The summed E-state index contributed by atoms with van der Waals surface area (Å²) in [5.74, 6) is 2.80. The van der Waals surface area contributed by atoms with E-state index in [4.69, 9.17) is 4.52 Å². The van der Waals surface area contributed by atoms with E-state index in [1.807, 2.05) is 6.92 Å². The number of aryl methyl sites for hydroxylation is 1. The van der Waals surface area contributed by atoms with Gasteiger partial charge in [0.05, 0.1) is 5.41 Å². The van der Waals surface area contributed by atoms with Crippen molar-refractivity contribution in [2.24, 2.45) is 17.3 Å². The number of amides is 1. The molecule has 1 aromatic rings. The van der Waals surface area contributed by atoms with Crippen LogP contribution in [0, 0.1) is 24.2 Å². The lowest BCUT2D eigenvalue weighted by molar-refractivity contribution is -0.147. The van der Waals surface area contributed by atoms with Gasteiger partial charge in [-0.3, -0.25) is 4.79 Å². The van der Waals surface area contributed by atoms with Crippen LogP contribution in [0.4, 0.5) is 0 Å². The number of likely N-dealkylation sites (tertiary alicyclic amines) is 1. The summed E-state index contributed by atoms with van der Waals surface area (Å²) in [6, 6.07) is 0.